The molecule has 8 nitrogen and oxygen atoms in total. The first-order chi connectivity index (χ1) is 14.5. The minimum atomic E-state index is -0.692. The number of nitro benzene ring substituents is 1. The zero-order chi connectivity index (χ0) is 21.1. The summed E-state index contributed by atoms with van der Waals surface area (Å²) in [7, 11) is 0. The molecule has 1 aromatic carbocycles. The predicted octanol–water partition coefficient (Wildman–Crippen LogP) is 3.80. The third kappa shape index (κ3) is 4.47. The van der Waals surface area contributed by atoms with Gasteiger partial charge in [-0.3, -0.25) is 14.9 Å². The van der Waals surface area contributed by atoms with Gasteiger partial charge in [-0.05, 0) is 57.4 Å². The number of ether oxygens (including phenoxy) is 1. The summed E-state index contributed by atoms with van der Waals surface area (Å²) >= 11 is 0. The van der Waals surface area contributed by atoms with Crippen LogP contribution in [0.5, 0.6) is 0 Å². The maximum absolute atomic E-state index is 12.9. The van der Waals surface area contributed by atoms with Gasteiger partial charge in [-0.15, -0.1) is 0 Å². The second-order valence-electron chi connectivity index (χ2n) is 8.17. The number of amides is 1. The summed E-state index contributed by atoms with van der Waals surface area (Å²) in [6, 6.07) is 4.46. The summed E-state index contributed by atoms with van der Waals surface area (Å²) in [6.45, 7) is 1.23. The molecule has 0 aromatic heterocycles. The molecule has 1 aromatic rings. The van der Waals surface area contributed by atoms with Gasteiger partial charge < -0.3 is 14.5 Å². The normalized spacial score (nSPS) is 18.7. The van der Waals surface area contributed by atoms with Crippen LogP contribution in [0.1, 0.15) is 61.7 Å². The molecule has 1 amide bonds. The van der Waals surface area contributed by atoms with Crippen molar-refractivity contribution in [2.24, 2.45) is 0 Å². The molecule has 4 rings (SSSR count). The molecule has 0 atom stereocenters. The molecule has 1 saturated heterocycles. The summed E-state index contributed by atoms with van der Waals surface area (Å²) in [6.07, 6.45) is 10.1. The van der Waals surface area contributed by atoms with Gasteiger partial charge in [0.05, 0.1) is 16.2 Å². The van der Waals surface area contributed by atoms with Crippen molar-refractivity contribution in [2.75, 3.05) is 24.6 Å². The molecule has 8 heteroatoms. The first-order valence-corrected chi connectivity index (χ1v) is 10.8. The van der Waals surface area contributed by atoms with E-state index in [0.29, 0.717) is 5.69 Å². The maximum atomic E-state index is 12.9. The van der Waals surface area contributed by atoms with Crippen molar-refractivity contribution < 1.29 is 19.2 Å². The molecule has 1 aliphatic heterocycles. The number of esters is 1. The van der Waals surface area contributed by atoms with Crippen LogP contribution in [0.25, 0.3) is 0 Å². The number of hydrogen-bond acceptors (Lipinski definition) is 6. The average molecular weight is 413 g/mol. The van der Waals surface area contributed by atoms with E-state index < -0.39 is 10.9 Å². The van der Waals surface area contributed by atoms with E-state index in [4.69, 9.17) is 4.74 Å². The molecule has 1 saturated carbocycles. The van der Waals surface area contributed by atoms with Gasteiger partial charge in [0.1, 0.15) is 0 Å². The number of rotatable bonds is 7. The highest BCUT2D eigenvalue weighted by atomic mass is 16.6. The zero-order valence-corrected chi connectivity index (χ0v) is 17.0. The number of anilines is 1. The van der Waals surface area contributed by atoms with Gasteiger partial charge in [0.2, 0.25) is 0 Å². The van der Waals surface area contributed by atoms with Crippen molar-refractivity contribution in [2.45, 2.75) is 57.4 Å². The monoisotopic (exact) mass is 413 g/mol. The number of non-ortho nitro benzene ring substituents is 1. The van der Waals surface area contributed by atoms with E-state index in [-0.39, 0.29) is 29.8 Å². The third-order valence-electron chi connectivity index (χ3n) is 5.94. The van der Waals surface area contributed by atoms with Crippen molar-refractivity contribution in [1.82, 2.24) is 4.90 Å². The van der Waals surface area contributed by atoms with Crippen LogP contribution in [0.2, 0.25) is 0 Å². The number of hydrogen-bond donors (Lipinski definition) is 0. The Balaban J connectivity index is 1.48. The zero-order valence-electron chi connectivity index (χ0n) is 17.0. The molecule has 30 heavy (non-hydrogen) atoms. The van der Waals surface area contributed by atoms with E-state index in [0.717, 1.165) is 70.2 Å². The molecule has 2 aliphatic carbocycles. The van der Waals surface area contributed by atoms with Gasteiger partial charge >= 0.3 is 5.97 Å². The van der Waals surface area contributed by atoms with E-state index >= 15 is 0 Å². The van der Waals surface area contributed by atoms with Crippen LogP contribution in [-0.4, -0.2) is 47.4 Å². The van der Waals surface area contributed by atoms with E-state index in [1.165, 1.54) is 12.1 Å². The van der Waals surface area contributed by atoms with Gasteiger partial charge in [-0.1, -0.05) is 6.08 Å². The van der Waals surface area contributed by atoms with Crippen LogP contribution >= 0.6 is 0 Å². The number of nitro groups is 1. The van der Waals surface area contributed by atoms with Crippen LogP contribution in [0.4, 0.5) is 11.4 Å². The van der Waals surface area contributed by atoms with Crippen LogP contribution in [-0.2, 0) is 9.53 Å². The lowest BCUT2D eigenvalue weighted by atomic mass is 10.0. The number of carbonyl (C=O) groups excluding carboxylic acids is 2. The van der Waals surface area contributed by atoms with E-state index in [9.17, 15) is 19.7 Å². The third-order valence-corrected chi connectivity index (χ3v) is 5.94. The molecular weight excluding hydrogens is 386 g/mol. The fourth-order valence-electron chi connectivity index (χ4n) is 4.28. The van der Waals surface area contributed by atoms with Gasteiger partial charge in [0.15, 0.2) is 6.61 Å². The van der Waals surface area contributed by atoms with Crippen LogP contribution in [0.3, 0.4) is 0 Å². The first kappa shape index (κ1) is 20.4. The molecule has 0 N–H and O–H groups in total. The fourth-order valence-corrected chi connectivity index (χ4v) is 4.28. The maximum Gasteiger partial charge on any atom is 0.341 e. The van der Waals surface area contributed by atoms with Crippen molar-refractivity contribution in [3.63, 3.8) is 0 Å². The van der Waals surface area contributed by atoms with Gasteiger partial charge in [0, 0.05) is 37.0 Å². The largest absolute Gasteiger partial charge is 0.452 e. The van der Waals surface area contributed by atoms with E-state index in [1.54, 1.807) is 11.0 Å². The highest BCUT2D eigenvalue weighted by Gasteiger charge is 2.35. The molecule has 0 unspecified atom stereocenters. The lowest BCUT2D eigenvalue weighted by molar-refractivity contribution is -0.384. The standard InChI is InChI=1S/C22H27N3O5/c26-21(24(17-8-9-17)16-6-2-1-3-7-16)15-30-22(27)19-14-18(25(28)29)10-11-20(19)23-12-4-5-13-23/h6,10-11,14,17H,1-5,7-9,12-13,15H2. The average Bonchev–Trinajstić information content (AvgIpc) is 3.43. The van der Waals surface area contributed by atoms with Crippen LogP contribution < -0.4 is 4.90 Å². The molecule has 0 spiro atoms. The minimum Gasteiger partial charge on any atom is -0.452 e. The van der Waals surface area contributed by atoms with Gasteiger partial charge in [-0.25, -0.2) is 4.79 Å². The molecule has 0 bridgehead atoms. The van der Waals surface area contributed by atoms with Crippen molar-refractivity contribution in [3.05, 3.63) is 45.6 Å². The second-order valence-corrected chi connectivity index (χ2v) is 8.17. The van der Waals surface area contributed by atoms with Crippen LogP contribution in [0, 0.1) is 10.1 Å². The summed E-state index contributed by atoms with van der Waals surface area (Å²) in [5.74, 6) is -0.908. The predicted molar refractivity (Wildman–Crippen MR) is 111 cm³/mol. The Hall–Kier alpha value is -2.90. The molecule has 1 heterocycles. The summed E-state index contributed by atoms with van der Waals surface area (Å²) < 4.78 is 5.37. The topological polar surface area (TPSA) is 93.0 Å². The Morgan fingerprint density at radius 2 is 1.93 bits per heavy atom. The van der Waals surface area contributed by atoms with Crippen molar-refractivity contribution in [3.8, 4) is 0 Å². The molecule has 3 aliphatic rings. The lowest BCUT2D eigenvalue weighted by Gasteiger charge is -2.27. The molecule has 0 radical (unpaired) electrons. The summed E-state index contributed by atoms with van der Waals surface area (Å²) in [5.41, 5.74) is 1.65. The van der Waals surface area contributed by atoms with Crippen molar-refractivity contribution >= 4 is 23.3 Å². The second kappa shape index (κ2) is 8.85. The van der Waals surface area contributed by atoms with Gasteiger partial charge in [0.25, 0.3) is 11.6 Å². The number of nitrogens with zero attached hydrogens (tertiary/aromatic N) is 3. The number of allylic oxidation sites excluding steroid dienone is 2. The Morgan fingerprint density at radius 3 is 2.57 bits per heavy atom. The molecule has 2 fully saturated rings. The Labute approximate surface area is 175 Å². The SMILES string of the molecule is O=C(OCC(=O)N(C1=CCCCC1)C1CC1)c1cc([N+](=O)[O-])ccc1N1CCCC1. The highest BCUT2D eigenvalue weighted by molar-refractivity contribution is 5.98. The van der Waals surface area contributed by atoms with Gasteiger partial charge in [-0.2, -0.15) is 0 Å². The minimum absolute atomic E-state index is 0.147. The fraction of sp³-hybridized carbons (Fsp3) is 0.545. The summed E-state index contributed by atoms with van der Waals surface area (Å²) in [5, 5.41) is 11.2. The molecule has 160 valence electrons. The Morgan fingerprint density at radius 1 is 1.17 bits per heavy atom. The Bertz CT molecular complexity index is 872. The van der Waals surface area contributed by atoms with Crippen molar-refractivity contribution in [1.29, 1.82) is 0 Å². The lowest BCUT2D eigenvalue weighted by Crippen LogP contribution is -2.36. The van der Waals surface area contributed by atoms with E-state index in [1.807, 2.05) is 4.90 Å². The summed E-state index contributed by atoms with van der Waals surface area (Å²) in [4.78, 5) is 40.2. The number of carbonyl (C=O) groups is 2. The first-order valence-electron chi connectivity index (χ1n) is 10.8. The molecular formula is C22H27N3O5. The number of benzene rings is 1. The quantitative estimate of drug-likeness (QED) is 0.383. The highest BCUT2D eigenvalue weighted by Crippen LogP contribution is 2.34. The smallest absolute Gasteiger partial charge is 0.341 e. The Kier molecular flexibility index (Phi) is 6.01. The van der Waals surface area contributed by atoms with Crippen LogP contribution in [0.15, 0.2) is 30.0 Å². The van der Waals surface area contributed by atoms with E-state index in [2.05, 4.69) is 6.08 Å².